The Morgan fingerprint density at radius 1 is 1.10 bits per heavy atom. The molecule has 0 amide bonds. The van der Waals surface area contributed by atoms with Crippen LogP contribution >= 0.6 is 0 Å². The molecule has 1 aromatic carbocycles. The molecule has 0 radical (unpaired) electrons. The first-order valence-corrected chi connectivity index (χ1v) is 8.24. The zero-order valence-corrected chi connectivity index (χ0v) is 13.9. The van der Waals surface area contributed by atoms with Crippen molar-refractivity contribution in [2.24, 2.45) is 5.92 Å². The molecule has 0 spiro atoms. The molecule has 1 rings (SSSR count). The van der Waals surface area contributed by atoms with E-state index in [4.69, 9.17) is 9.47 Å². The maximum Gasteiger partial charge on any atom is 0.119 e. The largest absolute Gasteiger partial charge is 0.491 e. The summed E-state index contributed by atoms with van der Waals surface area (Å²) in [5.74, 6) is 1.61. The summed E-state index contributed by atoms with van der Waals surface area (Å²) < 4.78 is 11.4. The third-order valence-electron chi connectivity index (χ3n) is 3.70. The summed E-state index contributed by atoms with van der Waals surface area (Å²) in [4.78, 5) is 0. The Hall–Kier alpha value is -1.06. The Balaban J connectivity index is 2.12. The zero-order chi connectivity index (χ0) is 15.3. The fourth-order valence-corrected chi connectivity index (χ4v) is 2.27. The summed E-state index contributed by atoms with van der Waals surface area (Å²) >= 11 is 0. The van der Waals surface area contributed by atoms with Gasteiger partial charge >= 0.3 is 0 Å². The minimum Gasteiger partial charge on any atom is -0.491 e. The zero-order valence-electron chi connectivity index (χ0n) is 13.9. The first-order chi connectivity index (χ1) is 10.3. The molecule has 0 aliphatic carbocycles. The van der Waals surface area contributed by atoms with E-state index >= 15 is 0 Å². The molecular weight excluding hydrogens is 262 g/mol. The summed E-state index contributed by atoms with van der Waals surface area (Å²) in [5.41, 5.74) is 1.27. The highest BCUT2D eigenvalue weighted by Gasteiger charge is 2.05. The van der Waals surface area contributed by atoms with E-state index in [0.29, 0.717) is 19.1 Å². The van der Waals surface area contributed by atoms with Gasteiger partial charge in [0.15, 0.2) is 0 Å². The van der Waals surface area contributed by atoms with Crippen molar-refractivity contribution in [1.82, 2.24) is 5.32 Å². The number of rotatable bonds is 12. The second kappa shape index (κ2) is 11.6. The number of unbranched alkanes of at least 4 members (excludes halogenated alkanes) is 1. The Bertz CT molecular complexity index is 351. The van der Waals surface area contributed by atoms with Gasteiger partial charge in [0.05, 0.1) is 6.61 Å². The normalized spacial score (nSPS) is 12.3. The summed E-state index contributed by atoms with van der Waals surface area (Å²) in [6.45, 7) is 7.52. The van der Waals surface area contributed by atoms with Crippen LogP contribution in [0.4, 0.5) is 0 Å². The number of ether oxygens (including phenoxy) is 2. The van der Waals surface area contributed by atoms with Crippen molar-refractivity contribution in [3.8, 4) is 5.75 Å². The van der Waals surface area contributed by atoms with Crippen molar-refractivity contribution in [1.29, 1.82) is 0 Å². The number of hydrogen-bond acceptors (Lipinski definition) is 3. The lowest BCUT2D eigenvalue weighted by atomic mass is 10.0. The topological polar surface area (TPSA) is 30.5 Å². The lowest BCUT2D eigenvalue weighted by molar-refractivity contribution is 0.0699. The predicted molar refractivity (Wildman–Crippen MR) is 88.8 cm³/mol. The Labute approximate surface area is 130 Å². The summed E-state index contributed by atoms with van der Waals surface area (Å²) in [5, 5.41) is 3.13. The van der Waals surface area contributed by atoms with Gasteiger partial charge in [0, 0.05) is 13.2 Å². The molecule has 0 heterocycles. The van der Waals surface area contributed by atoms with Gasteiger partial charge in [-0.1, -0.05) is 45.2 Å². The summed E-state index contributed by atoms with van der Waals surface area (Å²) in [6, 6.07) is 8.21. The smallest absolute Gasteiger partial charge is 0.119 e. The summed E-state index contributed by atoms with van der Waals surface area (Å²) in [6.07, 6.45) is 5.05. The number of nitrogens with one attached hydrogen (secondary N) is 1. The number of hydrogen-bond donors (Lipinski definition) is 1. The fraction of sp³-hybridized carbons (Fsp3) is 0.667. The van der Waals surface area contributed by atoms with Gasteiger partial charge in [0.2, 0.25) is 0 Å². The standard InChI is InChI=1S/C18H31NO2/c1-4-6-7-16(5-2)15-20-12-13-21-18-10-8-17(9-11-18)14-19-3/h8-11,16,19H,4-7,12-15H2,1-3H3. The molecule has 1 aromatic rings. The van der Waals surface area contributed by atoms with Crippen molar-refractivity contribution in [2.75, 3.05) is 26.9 Å². The molecule has 0 saturated heterocycles. The van der Waals surface area contributed by atoms with E-state index in [9.17, 15) is 0 Å². The van der Waals surface area contributed by atoms with E-state index < -0.39 is 0 Å². The van der Waals surface area contributed by atoms with Gasteiger partial charge in [0.1, 0.15) is 12.4 Å². The Morgan fingerprint density at radius 3 is 2.48 bits per heavy atom. The molecule has 1 unspecified atom stereocenters. The Morgan fingerprint density at radius 2 is 1.86 bits per heavy atom. The highest BCUT2D eigenvalue weighted by molar-refractivity contribution is 5.27. The molecular formula is C18H31NO2. The molecule has 0 saturated carbocycles. The van der Waals surface area contributed by atoms with Crippen molar-refractivity contribution in [3.63, 3.8) is 0 Å². The first kappa shape index (κ1) is 18.0. The average Bonchev–Trinajstić information content (AvgIpc) is 2.52. The molecule has 1 atom stereocenters. The first-order valence-electron chi connectivity index (χ1n) is 8.24. The second-order valence-corrected chi connectivity index (χ2v) is 5.51. The Kier molecular flexibility index (Phi) is 9.92. The summed E-state index contributed by atoms with van der Waals surface area (Å²) in [7, 11) is 1.95. The van der Waals surface area contributed by atoms with E-state index in [1.165, 1.54) is 31.2 Å². The third kappa shape index (κ3) is 8.08. The second-order valence-electron chi connectivity index (χ2n) is 5.51. The molecule has 3 nitrogen and oxygen atoms in total. The van der Waals surface area contributed by atoms with Gasteiger partial charge in [-0.05, 0) is 37.1 Å². The highest BCUT2D eigenvalue weighted by atomic mass is 16.5. The maximum absolute atomic E-state index is 5.73. The lowest BCUT2D eigenvalue weighted by Crippen LogP contribution is -2.13. The van der Waals surface area contributed by atoms with Gasteiger partial charge in [-0.3, -0.25) is 0 Å². The van der Waals surface area contributed by atoms with Gasteiger partial charge in [-0.2, -0.15) is 0 Å². The van der Waals surface area contributed by atoms with Crippen molar-refractivity contribution >= 4 is 0 Å². The van der Waals surface area contributed by atoms with Crippen LogP contribution in [0.1, 0.15) is 45.1 Å². The van der Waals surface area contributed by atoms with E-state index in [-0.39, 0.29) is 0 Å². The van der Waals surface area contributed by atoms with Gasteiger partial charge in [0.25, 0.3) is 0 Å². The van der Waals surface area contributed by atoms with Crippen LogP contribution in [0.15, 0.2) is 24.3 Å². The van der Waals surface area contributed by atoms with Gasteiger partial charge < -0.3 is 14.8 Å². The van der Waals surface area contributed by atoms with E-state index in [2.05, 4.69) is 31.3 Å². The molecule has 21 heavy (non-hydrogen) atoms. The van der Waals surface area contributed by atoms with Gasteiger partial charge in [-0.25, -0.2) is 0 Å². The van der Waals surface area contributed by atoms with Crippen molar-refractivity contribution < 1.29 is 9.47 Å². The minimum atomic E-state index is 0.621. The van der Waals surface area contributed by atoms with Crippen LogP contribution in [0, 0.1) is 5.92 Å². The van der Waals surface area contributed by atoms with Gasteiger partial charge in [-0.15, -0.1) is 0 Å². The quantitative estimate of drug-likeness (QED) is 0.590. The lowest BCUT2D eigenvalue weighted by Gasteiger charge is -2.15. The highest BCUT2D eigenvalue weighted by Crippen LogP contribution is 2.14. The van der Waals surface area contributed by atoms with Crippen LogP contribution in [0.5, 0.6) is 5.75 Å². The van der Waals surface area contributed by atoms with E-state index in [1.807, 2.05) is 19.2 Å². The molecule has 0 aliphatic rings. The molecule has 0 fully saturated rings. The molecule has 1 N–H and O–H groups in total. The molecule has 0 aliphatic heterocycles. The van der Waals surface area contributed by atoms with Crippen molar-refractivity contribution in [2.45, 2.75) is 46.1 Å². The van der Waals surface area contributed by atoms with Crippen LogP contribution in [0.25, 0.3) is 0 Å². The average molecular weight is 293 g/mol. The fourth-order valence-electron chi connectivity index (χ4n) is 2.27. The van der Waals surface area contributed by atoms with Crippen LogP contribution in [0.3, 0.4) is 0 Å². The van der Waals surface area contributed by atoms with Crippen LogP contribution < -0.4 is 10.1 Å². The van der Waals surface area contributed by atoms with Crippen LogP contribution in [-0.2, 0) is 11.3 Å². The maximum atomic E-state index is 5.73. The molecule has 0 aromatic heterocycles. The monoisotopic (exact) mass is 293 g/mol. The van der Waals surface area contributed by atoms with Crippen molar-refractivity contribution in [3.05, 3.63) is 29.8 Å². The van der Waals surface area contributed by atoms with E-state index in [1.54, 1.807) is 0 Å². The molecule has 0 bridgehead atoms. The number of benzene rings is 1. The van der Waals surface area contributed by atoms with Crippen LogP contribution in [0.2, 0.25) is 0 Å². The van der Waals surface area contributed by atoms with E-state index in [0.717, 1.165) is 18.9 Å². The van der Waals surface area contributed by atoms with Crippen LogP contribution in [-0.4, -0.2) is 26.9 Å². The minimum absolute atomic E-state index is 0.621. The molecule has 120 valence electrons. The predicted octanol–water partition coefficient (Wildman–Crippen LogP) is 4.02. The molecule has 3 heteroatoms. The SMILES string of the molecule is CCCCC(CC)COCCOc1ccc(CNC)cc1. The third-order valence-corrected chi connectivity index (χ3v) is 3.70.